The summed E-state index contributed by atoms with van der Waals surface area (Å²) in [4.78, 5) is 2.34. The first-order valence-electron chi connectivity index (χ1n) is 7.39. The molecule has 1 N–H and O–H groups in total. The van der Waals surface area contributed by atoms with Crippen molar-refractivity contribution in [2.45, 2.75) is 27.3 Å². The predicted molar refractivity (Wildman–Crippen MR) is 87.7 cm³/mol. The molecule has 0 aromatic heterocycles. The monoisotopic (exact) mass is 268 g/mol. The van der Waals surface area contributed by atoms with Gasteiger partial charge in [0.25, 0.3) is 0 Å². The van der Waals surface area contributed by atoms with Gasteiger partial charge in [0.05, 0.1) is 0 Å². The Labute approximate surface area is 122 Å². The van der Waals surface area contributed by atoms with E-state index in [1.165, 1.54) is 22.5 Å². The van der Waals surface area contributed by atoms with E-state index < -0.39 is 0 Å². The van der Waals surface area contributed by atoms with E-state index in [9.17, 15) is 0 Å². The van der Waals surface area contributed by atoms with Crippen molar-refractivity contribution in [3.05, 3.63) is 59.7 Å². The van der Waals surface area contributed by atoms with Gasteiger partial charge in [-0.15, -0.1) is 0 Å². The molecule has 0 aliphatic heterocycles. The average Bonchev–Trinajstić information content (AvgIpc) is 2.48. The van der Waals surface area contributed by atoms with Crippen LogP contribution in [0.3, 0.4) is 0 Å². The van der Waals surface area contributed by atoms with Crippen LogP contribution in [-0.2, 0) is 6.54 Å². The molecule has 2 rings (SSSR count). The van der Waals surface area contributed by atoms with Gasteiger partial charge >= 0.3 is 0 Å². The predicted octanol–water partition coefficient (Wildman–Crippen LogP) is 4.26. The minimum absolute atomic E-state index is 0.945. The van der Waals surface area contributed by atoms with Gasteiger partial charge in [0.1, 0.15) is 0 Å². The molecule has 0 aliphatic carbocycles. The third-order valence-electron chi connectivity index (χ3n) is 3.59. The van der Waals surface area contributed by atoms with Gasteiger partial charge in [-0.1, -0.05) is 31.2 Å². The van der Waals surface area contributed by atoms with Crippen LogP contribution in [0.2, 0.25) is 0 Å². The van der Waals surface area contributed by atoms with Gasteiger partial charge in [-0.3, -0.25) is 0 Å². The first-order valence-corrected chi connectivity index (χ1v) is 7.39. The van der Waals surface area contributed by atoms with E-state index in [1.54, 1.807) is 0 Å². The van der Waals surface area contributed by atoms with Crippen molar-refractivity contribution in [3.8, 4) is 0 Å². The molecular formula is C18H24N2. The van der Waals surface area contributed by atoms with Crippen LogP contribution in [0.25, 0.3) is 0 Å². The molecule has 20 heavy (non-hydrogen) atoms. The molecule has 0 amide bonds. The highest BCUT2D eigenvalue weighted by Gasteiger charge is 2.08. The number of hydrogen-bond acceptors (Lipinski definition) is 2. The molecule has 0 spiro atoms. The van der Waals surface area contributed by atoms with Crippen molar-refractivity contribution in [2.24, 2.45) is 0 Å². The number of anilines is 2. The highest BCUT2D eigenvalue weighted by Crippen LogP contribution is 2.26. The molecule has 0 fully saturated rings. The Balaban J connectivity index is 2.25. The molecular weight excluding hydrogens is 244 g/mol. The highest BCUT2D eigenvalue weighted by atomic mass is 15.1. The van der Waals surface area contributed by atoms with Crippen LogP contribution in [-0.4, -0.2) is 13.1 Å². The van der Waals surface area contributed by atoms with Crippen molar-refractivity contribution in [1.82, 2.24) is 5.32 Å². The topological polar surface area (TPSA) is 15.3 Å². The summed E-state index contributed by atoms with van der Waals surface area (Å²) in [7, 11) is 0. The zero-order valence-electron chi connectivity index (χ0n) is 12.7. The summed E-state index contributed by atoms with van der Waals surface area (Å²) >= 11 is 0. The Kier molecular flexibility index (Phi) is 5.19. The van der Waals surface area contributed by atoms with Crippen molar-refractivity contribution in [3.63, 3.8) is 0 Å². The van der Waals surface area contributed by atoms with Gasteiger partial charge < -0.3 is 10.2 Å². The zero-order valence-corrected chi connectivity index (χ0v) is 12.7. The van der Waals surface area contributed by atoms with E-state index >= 15 is 0 Å². The van der Waals surface area contributed by atoms with Gasteiger partial charge in [-0.25, -0.2) is 0 Å². The lowest BCUT2D eigenvalue weighted by Crippen LogP contribution is -2.17. The van der Waals surface area contributed by atoms with Crippen molar-refractivity contribution in [2.75, 3.05) is 18.0 Å². The Bertz CT molecular complexity index is 534. The number of hydrogen-bond donors (Lipinski definition) is 1. The third-order valence-corrected chi connectivity index (χ3v) is 3.59. The second-order valence-electron chi connectivity index (χ2n) is 4.97. The van der Waals surface area contributed by atoms with Gasteiger partial charge in [0, 0.05) is 24.5 Å². The number of aryl methyl sites for hydroxylation is 1. The summed E-state index contributed by atoms with van der Waals surface area (Å²) in [5.74, 6) is 0. The van der Waals surface area contributed by atoms with E-state index in [-0.39, 0.29) is 0 Å². The maximum atomic E-state index is 3.39. The number of benzene rings is 2. The Hall–Kier alpha value is -1.80. The SMILES string of the molecule is CCNCc1ccc(N(CC)c2ccccc2)cc1C. The molecule has 0 heterocycles. The molecule has 2 aromatic carbocycles. The maximum Gasteiger partial charge on any atom is 0.0413 e. The minimum atomic E-state index is 0.945. The fourth-order valence-corrected chi connectivity index (χ4v) is 2.43. The summed E-state index contributed by atoms with van der Waals surface area (Å²) < 4.78 is 0. The summed E-state index contributed by atoms with van der Waals surface area (Å²) in [6, 6.07) is 17.3. The summed E-state index contributed by atoms with van der Waals surface area (Å²) in [6.45, 7) is 9.43. The van der Waals surface area contributed by atoms with E-state index in [1.807, 2.05) is 0 Å². The van der Waals surface area contributed by atoms with Crippen LogP contribution < -0.4 is 10.2 Å². The molecule has 0 bridgehead atoms. The van der Waals surface area contributed by atoms with E-state index in [4.69, 9.17) is 0 Å². The molecule has 0 radical (unpaired) electrons. The molecule has 106 valence electrons. The van der Waals surface area contributed by atoms with Crippen molar-refractivity contribution >= 4 is 11.4 Å². The summed E-state index contributed by atoms with van der Waals surface area (Å²) in [6.07, 6.45) is 0. The second-order valence-corrected chi connectivity index (χ2v) is 4.97. The standard InChI is InChI=1S/C18H24N2/c1-4-19-14-16-11-12-18(13-15(16)3)20(5-2)17-9-7-6-8-10-17/h6-13,19H,4-5,14H2,1-3H3. The van der Waals surface area contributed by atoms with Crippen LogP contribution >= 0.6 is 0 Å². The molecule has 2 heteroatoms. The molecule has 0 atom stereocenters. The molecule has 2 aromatic rings. The Morgan fingerprint density at radius 1 is 0.950 bits per heavy atom. The quantitative estimate of drug-likeness (QED) is 0.842. The van der Waals surface area contributed by atoms with Gasteiger partial charge in [0.2, 0.25) is 0 Å². The molecule has 0 unspecified atom stereocenters. The van der Waals surface area contributed by atoms with Crippen LogP contribution in [0.1, 0.15) is 25.0 Å². The van der Waals surface area contributed by atoms with Crippen LogP contribution in [0.15, 0.2) is 48.5 Å². The van der Waals surface area contributed by atoms with Crippen LogP contribution in [0.4, 0.5) is 11.4 Å². The van der Waals surface area contributed by atoms with Gasteiger partial charge in [0.15, 0.2) is 0 Å². The lowest BCUT2D eigenvalue weighted by atomic mass is 10.1. The van der Waals surface area contributed by atoms with Crippen molar-refractivity contribution in [1.29, 1.82) is 0 Å². The fourth-order valence-electron chi connectivity index (χ4n) is 2.43. The number of rotatable bonds is 6. The number of nitrogens with zero attached hydrogens (tertiary/aromatic N) is 1. The third kappa shape index (κ3) is 3.40. The van der Waals surface area contributed by atoms with E-state index in [0.717, 1.165) is 19.6 Å². The number of nitrogens with one attached hydrogen (secondary N) is 1. The Morgan fingerprint density at radius 2 is 1.70 bits per heavy atom. The van der Waals surface area contributed by atoms with Crippen LogP contribution in [0, 0.1) is 6.92 Å². The normalized spacial score (nSPS) is 10.6. The average molecular weight is 268 g/mol. The maximum absolute atomic E-state index is 3.39. The lowest BCUT2D eigenvalue weighted by Gasteiger charge is -2.24. The van der Waals surface area contributed by atoms with E-state index in [0.29, 0.717) is 0 Å². The smallest absolute Gasteiger partial charge is 0.0413 e. The van der Waals surface area contributed by atoms with Gasteiger partial charge in [-0.2, -0.15) is 0 Å². The lowest BCUT2D eigenvalue weighted by molar-refractivity contribution is 0.723. The fraction of sp³-hybridized carbons (Fsp3) is 0.333. The highest BCUT2D eigenvalue weighted by molar-refractivity contribution is 5.64. The number of para-hydroxylation sites is 1. The molecule has 0 saturated carbocycles. The van der Waals surface area contributed by atoms with E-state index in [2.05, 4.69) is 79.5 Å². The summed E-state index contributed by atoms with van der Waals surface area (Å²) in [5.41, 5.74) is 5.22. The first kappa shape index (κ1) is 14.6. The summed E-state index contributed by atoms with van der Waals surface area (Å²) in [5, 5.41) is 3.39. The molecule has 0 aliphatic rings. The minimum Gasteiger partial charge on any atom is -0.342 e. The Morgan fingerprint density at radius 3 is 2.30 bits per heavy atom. The van der Waals surface area contributed by atoms with Crippen molar-refractivity contribution < 1.29 is 0 Å². The van der Waals surface area contributed by atoms with Gasteiger partial charge in [-0.05, 0) is 55.8 Å². The van der Waals surface area contributed by atoms with Crippen LogP contribution in [0.5, 0.6) is 0 Å². The largest absolute Gasteiger partial charge is 0.342 e. The first-order chi connectivity index (χ1) is 9.76. The zero-order chi connectivity index (χ0) is 14.4. The molecule has 2 nitrogen and oxygen atoms in total. The molecule has 0 saturated heterocycles. The second kappa shape index (κ2) is 7.11.